The minimum Gasteiger partial charge on any atom is -0.445 e. The lowest BCUT2D eigenvalue weighted by molar-refractivity contribution is -0.122. The number of carbonyl (C=O) groups is 2. The molecule has 2 aliphatic rings. The summed E-state index contributed by atoms with van der Waals surface area (Å²) in [6.07, 6.45) is 2.51. The van der Waals surface area contributed by atoms with Crippen LogP contribution in [0.2, 0.25) is 0 Å². The molecule has 2 atom stereocenters. The van der Waals surface area contributed by atoms with Crippen LogP contribution in [0.3, 0.4) is 0 Å². The highest BCUT2D eigenvalue weighted by Crippen LogP contribution is 2.33. The highest BCUT2D eigenvalue weighted by molar-refractivity contribution is 5.85. The van der Waals surface area contributed by atoms with Crippen LogP contribution >= 0.6 is 0 Å². The quantitative estimate of drug-likeness (QED) is 0.777. The first-order valence-electron chi connectivity index (χ1n) is 6.84. The normalized spacial score (nSPS) is 24.6. The minimum absolute atomic E-state index is 0.107. The standard InChI is InChI=1S/C16H17NO3/c1-11-7-13-8-14(18)9-15(11)17(13)16(19)20-10-12-5-3-2-4-6-12/h2-7,13,15H,8-10H2,1H3/t13-,15-/m0/s1. The van der Waals surface area contributed by atoms with Crippen LogP contribution in [0.1, 0.15) is 25.3 Å². The molecule has 0 aromatic heterocycles. The van der Waals surface area contributed by atoms with Gasteiger partial charge in [0.05, 0.1) is 12.1 Å². The van der Waals surface area contributed by atoms with Gasteiger partial charge in [0.25, 0.3) is 0 Å². The predicted octanol–water partition coefficient (Wildman–Crippen LogP) is 2.69. The number of amides is 1. The van der Waals surface area contributed by atoms with E-state index in [4.69, 9.17) is 4.74 Å². The number of fused-ring (bicyclic) bond motifs is 2. The summed E-state index contributed by atoms with van der Waals surface area (Å²) in [5.74, 6) is 0.222. The van der Waals surface area contributed by atoms with Crippen molar-refractivity contribution in [3.63, 3.8) is 0 Å². The van der Waals surface area contributed by atoms with Crippen molar-refractivity contribution in [1.29, 1.82) is 0 Å². The first-order chi connectivity index (χ1) is 9.65. The Morgan fingerprint density at radius 1 is 1.30 bits per heavy atom. The van der Waals surface area contributed by atoms with Gasteiger partial charge in [-0.05, 0) is 12.5 Å². The molecule has 2 aliphatic heterocycles. The molecule has 1 aromatic rings. The maximum Gasteiger partial charge on any atom is 0.411 e. The lowest BCUT2D eigenvalue weighted by Gasteiger charge is -2.34. The van der Waals surface area contributed by atoms with Gasteiger partial charge >= 0.3 is 6.09 Å². The third-order valence-electron chi connectivity index (χ3n) is 3.95. The van der Waals surface area contributed by atoms with Gasteiger partial charge in [-0.25, -0.2) is 4.79 Å². The summed E-state index contributed by atoms with van der Waals surface area (Å²) in [4.78, 5) is 25.6. The Kier molecular flexibility index (Phi) is 3.30. The summed E-state index contributed by atoms with van der Waals surface area (Å²) in [5.41, 5.74) is 2.06. The molecule has 1 amide bonds. The van der Waals surface area contributed by atoms with E-state index in [2.05, 4.69) is 0 Å². The molecule has 1 fully saturated rings. The van der Waals surface area contributed by atoms with E-state index in [0.717, 1.165) is 11.1 Å². The Balaban J connectivity index is 1.65. The minimum atomic E-state index is -0.329. The maximum atomic E-state index is 12.2. The van der Waals surface area contributed by atoms with Gasteiger partial charge in [0, 0.05) is 12.8 Å². The molecule has 1 aromatic carbocycles. The van der Waals surface area contributed by atoms with Crippen molar-refractivity contribution < 1.29 is 14.3 Å². The molecule has 2 heterocycles. The van der Waals surface area contributed by atoms with Crippen LogP contribution < -0.4 is 0 Å². The molecule has 0 N–H and O–H groups in total. The highest BCUT2D eigenvalue weighted by atomic mass is 16.6. The van der Waals surface area contributed by atoms with Crippen molar-refractivity contribution in [1.82, 2.24) is 4.90 Å². The van der Waals surface area contributed by atoms with Crippen LogP contribution in [0.15, 0.2) is 42.0 Å². The Morgan fingerprint density at radius 2 is 2.05 bits per heavy atom. The van der Waals surface area contributed by atoms with E-state index in [-0.39, 0.29) is 30.6 Å². The number of hydrogen-bond donors (Lipinski definition) is 0. The number of nitrogens with zero attached hydrogens (tertiary/aromatic N) is 1. The number of benzene rings is 1. The van der Waals surface area contributed by atoms with Crippen LogP contribution in [-0.4, -0.2) is 28.9 Å². The monoisotopic (exact) mass is 271 g/mol. The average Bonchev–Trinajstić information content (AvgIpc) is 2.65. The number of Topliss-reactive ketones (excluding diaryl/α,β-unsaturated/α-hetero) is 1. The third kappa shape index (κ3) is 2.33. The second-order valence-corrected chi connectivity index (χ2v) is 5.39. The van der Waals surface area contributed by atoms with Crippen LogP contribution in [0.4, 0.5) is 4.79 Å². The smallest absolute Gasteiger partial charge is 0.411 e. The zero-order valence-corrected chi connectivity index (χ0v) is 11.4. The zero-order valence-electron chi connectivity index (χ0n) is 11.4. The summed E-state index contributed by atoms with van der Waals surface area (Å²) in [5, 5.41) is 0. The molecule has 1 saturated heterocycles. The molecule has 3 rings (SSSR count). The molecule has 0 aliphatic carbocycles. The lowest BCUT2D eigenvalue weighted by atomic mass is 9.99. The number of rotatable bonds is 2. The number of piperidine rings is 1. The van der Waals surface area contributed by atoms with Gasteiger partial charge < -0.3 is 4.74 Å². The predicted molar refractivity (Wildman–Crippen MR) is 74.0 cm³/mol. The molecular weight excluding hydrogens is 254 g/mol. The number of hydrogen-bond acceptors (Lipinski definition) is 3. The number of carbonyl (C=O) groups excluding carboxylic acids is 2. The van der Waals surface area contributed by atoms with Crippen LogP contribution in [0, 0.1) is 0 Å². The van der Waals surface area contributed by atoms with Crippen molar-refractivity contribution in [3.05, 3.63) is 47.5 Å². The molecule has 0 unspecified atom stereocenters. The first-order valence-corrected chi connectivity index (χ1v) is 6.84. The van der Waals surface area contributed by atoms with Crippen molar-refractivity contribution in [3.8, 4) is 0 Å². The third-order valence-corrected chi connectivity index (χ3v) is 3.95. The van der Waals surface area contributed by atoms with Crippen molar-refractivity contribution >= 4 is 11.9 Å². The Labute approximate surface area is 118 Å². The summed E-state index contributed by atoms with van der Waals surface area (Å²) < 4.78 is 5.37. The SMILES string of the molecule is CC1=C[C@H]2CC(=O)C[C@@H]1N2C(=O)OCc1ccccc1. The van der Waals surface area contributed by atoms with Gasteiger partial charge in [-0.1, -0.05) is 42.0 Å². The van der Waals surface area contributed by atoms with Gasteiger partial charge in [0.1, 0.15) is 12.4 Å². The van der Waals surface area contributed by atoms with E-state index in [9.17, 15) is 9.59 Å². The first kappa shape index (κ1) is 12.9. The van der Waals surface area contributed by atoms with E-state index in [1.807, 2.05) is 43.3 Å². The van der Waals surface area contributed by atoms with Crippen molar-refractivity contribution in [2.45, 2.75) is 38.5 Å². The molecule has 20 heavy (non-hydrogen) atoms. The van der Waals surface area contributed by atoms with Gasteiger partial charge in [0.2, 0.25) is 0 Å². The molecule has 4 nitrogen and oxygen atoms in total. The van der Waals surface area contributed by atoms with E-state index < -0.39 is 0 Å². The maximum absolute atomic E-state index is 12.2. The summed E-state index contributed by atoms with van der Waals surface area (Å²) in [6, 6.07) is 9.37. The van der Waals surface area contributed by atoms with Crippen LogP contribution in [0.25, 0.3) is 0 Å². The second-order valence-electron chi connectivity index (χ2n) is 5.39. The Bertz CT molecular complexity index is 564. The molecule has 0 spiro atoms. The molecule has 0 radical (unpaired) electrons. The summed E-state index contributed by atoms with van der Waals surface area (Å²) in [7, 11) is 0. The lowest BCUT2D eigenvalue weighted by Crippen LogP contribution is -2.48. The van der Waals surface area contributed by atoms with E-state index in [0.29, 0.717) is 12.8 Å². The number of ether oxygens (including phenoxy) is 1. The van der Waals surface area contributed by atoms with E-state index >= 15 is 0 Å². The number of ketones is 1. The second kappa shape index (κ2) is 5.12. The van der Waals surface area contributed by atoms with Crippen molar-refractivity contribution in [2.24, 2.45) is 0 Å². The summed E-state index contributed by atoms with van der Waals surface area (Å²) >= 11 is 0. The van der Waals surface area contributed by atoms with Crippen molar-refractivity contribution in [2.75, 3.05) is 0 Å². The fourth-order valence-electron chi connectivity index (χ4n) is 2.95. The molecule has 104 valence electrons. The Hall–Kier alpha value is -2.10. The Morgan fingerprint density at radius 3 is 2.75 bits per heavy atom. The van der Waals surface area contributed by atoms with Crippen LogP contribution in [0.5, 0.6) is 0 Å². The van der Waals surface area contributed by atoms with E-state index in [1.165, 1.54) is 0 Å². The van der Waals surface area contributed by atoms with Crippen LogP contribution in [-0.2, 0) is 16.1 Å². The zero-order chi connectivity index (χ0) is 14.1. The molecule has 2 bridgehead atoms. The molecule has 0 saturated carbocycles. The fraction of sp³-hybridized carbons (Fsp3) is 0.375. The van der Waals surface area contributed by atoms with Gasteiger partial charge in [0.15, 0.2) is 0 Å². The average molecular weight is 271 g/mol. The molecular formula is C16H17NO3. The largest absolute Gasteiger partial charge is 0.445 e. The van der Waals surface area contributed by atoms with E-state index in [1.54, 1.807) is 4.90 Å². The summed E-state index contributed by atoms with van der Waals surface area (Å²) in [6.45, 7) is 2.24. The van der Waals surface area contributed by atoms with Gasteiger partial charge in [-0.3, -0.25) is 9.69 Å². The fourth-order valence-corrected chi connectivity index (χ4v) is 2.95. The van der Waals surface area contributed by atoms with Gasteiger partial charge in [-0.2, -0.15) is 0 Å². The molecule has 4 heteroatoms. The topological polar surface area (TPSA) is 46.6 Å². The van der Waals surface area contributed by atoms with Gasteiger partial charge in [-0.15, -0.1) is 0 Å². The highest BCUT2D eigenvalue weighted by Gasteiger charge is 2.42.